The Balaban J connectivity index is 1.88. The molecule has 0 saturated heterocycles. The standard InChI is InChI=1S/C16H11BrCl2O3/c17-12-4-1-10(2-5-12)7-16(21)22-9-15(20)11-3-6-13(18)14(19)8-11/h1-6,8H,7,9H2. The van der Waals surface area contributed by atoms with Gasteiger partial charge in [0.15, 0.2) is 12.4 Å². The number of carbonyl (C=O) groups is 2. The van der Waals surface area contributed by atoms with Crippen molar-refractivity contribution in [2.75, 3.05) is 6.61 Å². The van der Waals surface area contributed by atoms with Crippen LogP contribution in [0.2, 0.25) is 10.0 Å². The summed E-state index contributed by atoms with van der Waals surface area (Å²) in [4.78, 5) is 23.6. The number of ketones is 1. The van der Waals surface area contributed by atoms with E-state index in [9.17, 15) is 9.59 Å². The first-order chi connectivity index (χ1) is 10.5. The molecule has 2 aromatic rings. The summed E-state index contributed by atoms with van der Waals surface area (Å²) < 4.78 is 5.92. The zero-order chi connectivity index (χ0) is 16.1. The van der Waals surface area contributed by atoms with Gasteiger partial charge in [0, 0.05) is 10.0 Å². The second kappa shape index (κ2) is 7.77. The normalized spacial score (nSPS) is 10.3. The number of benzene rings is 2. The Hall–Kier alpha value is -1.36. The average Bonchev–Trinajstić information content (AvgIpc) is 2.50. The topological polar surface area (TPSA) is 43.4 Å². The average molecular weight is 402 g/mol. The van der Waals surface area contributed by atoms with E-state index in [2.05, 4.69) is 15.9 Å². The molecule has 0 saturated carbocycles. The van der Waals surface area contributed by atoms with Crippen molar-refractivity contribution >= 4 is 50.9 Å². The van der Waals surface area contributed by atoms with Crippen LogP contribution in [0.25, 0.3) is 0 Å². The van der Waals surface area contributed by atoms with Crippen LogP contribution in [-0.2, 0) is 16.0 Å². The minimum Gasteiger partial charge on any atom is -0.457 e. The van der Waals surface area contributed by atoms with Crippen LogP contribution in [0.5, 0.6) is 0 Å². The molecule has 0 fully saturated rings. The Morgan fingerprint density at radius 3 is 2.32 bits per heavy atom. The zero-order valence-electron chi connectivity index (χ0n) is 11.3. The number of ether oxygens (including phenoxy) is 1. The molecule has 0 aromatic heterocycles. The van der Waals surface area contributed by atoms with E-state index in [1.54, 1.807) is 6.07 Å². The molecule has 6 heteroatoms. The highest BCUT2D eigenvalue weighted by Gasteiger charge is 2.12. The number of carbonyl (C=O) groups excluding carboxylic acids is 2. The van der Waals surface area contributed by atoms with Crippen molar-refractivity contribution in [2.45, 2.75) is 6.42 Å². The van der Waals surface area contributed by atoms with E-state index in [1.165, 1.54) is 12.1 Å². The smallest absolute Gasteiger partial charge is 0.310 e. The second-order valence-electron chi connectivity index (χ2n) is 4.52. The van der Waals surface area contributed by atoms with Crippen molar-refractivity contribution in [2.24, 2.45) is 0 Å². The van der Waals surface area contributed by atoms with Crippen LogP contribution in [0.3, 0.4) is 0 Å². The van der Waals surface area contributed by atoms with Crippen LogP contribution in [0.1, 0.15) is 15.9 Å². The molecule has 0 aliphatic heterocycles. The van der Waals surface area contributed by atoms with Crippen LogP contribution < -0.4 is 0 Å². The van der Waals surface area contributed by atoms with Gasteiger partial charge in [0.2, 0.25) is 0 Å². The predicted octanol–water partition coefficient (Wildman–Crippen LogP) is 4.72. The third-order valence-electron chi connectivity index (χ3n) is 2.87. The van der Waals surface area contributed by atoms with Crippen molar-refractivity contribution in [3.05, 3.63) is 68.1 Å². The fourth-order valence-corrected chi connectivity index (χ4v) is 2.28. The molecule has 0 unspecified atom stereocenters. The minimum atomic E-state index is -0.462. The highest BCUT2D eigenvalue weighted by atomic mass is 79.9. The van der Waals surface area contributed by atoms with Gasteiger partial charge < -0.3 is 4.74 Å². The van der Waals surface area contributed by atoms with Crippen LogP contribution in [-0.4, -0.2) is 18.4 Å². The molecule has 0 aliphatic carbocycles. The maximum atomic E-state index is 11.9. The maximum absolute atomic E-state index is 11.9. The van der Waals surface area contributed by atoms with Gasteiger partial charge >= 0.3 is 5.97 Å². The van der Waals surface area contributed by atoms with E-state index in [1.807, 2.05) is 24.3 Å². The van der Waals surface area contributed by atoms with E-state index in [0.29, 0.717) is 10.6 Å². The molecular formula is C16H11BrCl2O3. The van der Waals surface area contributed by atoms with Gasteiger partial charge in [0.05, 0.1) is 16.5 Å². The number of rotatable bonds is 5. The van der Waals surface area contributed by atoms with E-state index in [0.717, 1.165) is 10.0 Å². The van der Waals surface area contributed by atoms with Crippen LogP contribution in [0, 0.1) is 0 Å². The fraction of sp³-hybridized carbons (Fsp3) is 0.125. The van der Waals surface area contributed by atoms with Gasteiger partial charge in [0.1, 0.15) is 0 Å². The van der Waals surface area contributed by atoms with Crippen molar-refractivity contribution in [3.63, 3.8) is 0 Å². The SMILES string of the molecule is O=C(Cc1ccc(Br)cc1)OCC(=O)c1ccc(Cl)c(Cl)c1. The maximum Gasteiger partial charge on any atom is 0.310 e. The first-order valence-corrected chi connectivity index (χ1v) is 7.89. The van der Waals surface area contributed by atoms with Crippen molar-refractivity contribution < 1.29 is 14.3 Å². The van der Waals surface area contributed by atoms with Gasteiger partial charge in [-0.1, -0.05) is 51.3 Å². The number of Topliss-reactive ketones (excluding diaryl/α,β-unsaturated/α-hetero) is 1. The Morgan fingerprint density at radius 2 is 1.68 bits per heavy atom. The number of hydrogen-bond acceptors (Lipinski definition) is 3. The number of hydrogen-bond donors (Lipinski definition) is 0. The van der Waals surface area contributed by atoms with Gasteiger partial charge in [-0.15, -0.1) is 0 Å². The molecule has 0 radical (unpaired) electrons. The van der Waals surface area contributed by atoms with Crippen molar-refractivity contribution in [3.8, 4) is 0 Å². The summed E-state index contributed by atoms with van der Waals surface area (Å²) in [6, 6.07) is 11.8. The molecule has 114 valence electrons. The Kier molecular flexibility index (Phi) is 6.00. The van der Waals surface area contributed by atoms with Crippen molar-refractivity contribution in [1.29, 1.82) is 0 Å². The Bertz CT molecular complexity index is 699. The van der Waals surface area contributed by atoms with Gasteiger partial charge in [0.25, 0.3) is 0 Å². The van der Waals surface area contributed by atoms with Crippen LogP contribution >= 0.6 is 39.1 Å². The monoisotopic (exact) mass is 400 g/mol. The largest absolute Gasteiger partial charge is 0.457 e. The lowest BCUT2D eigenvalue weighted by Gasteiger charge is -2.05. The molecule has 3 nitrogen and oxygen atoms in total. The van der Waals surface area contributed by atoms with E-state index < -0.39 is 5.97 Å². The summed E-state index contributed by atoms with van der Waals surface area (Å²) in [5.74, 6) is -0.793. The highest BCUT2D eigenvalue weighted by molar-refractivity contribution is 9.10. The molecule has 0 bridgehead atoms. The fourth-order valence-electron chi connectivity index (χ4n) is 1.72. The number of halogens is 3. The Labute approximate surface area is 146 Å². The molecular weight excluding hydrogens is 391 g/mol. The first kappa shape index (κ1) is 17.0. The van der Waals surface area contributed by atoms with E-state index in [4.69, 9.17) is 27.9 Å². The first-order valence-electron chi connectivity index (χ1n) is 6.34. The Morgan fingerprint density at radius 1 is 1.00 bits per heavy atom. The molecule has 0 amide bonds. The van der Waals surface area contributed by atoms with Crippen LogP contribution in [0.4, 0.5) is 0 Å². The van der Waals surface area contributed by atoms with Gasteiger partial charge in [-0.2, -0.15) is 0 Å². The summed E-state index contributed by atoms with van der Waals surface area (Å²) in [5, 5.41) is 0.652. The molecule has 2 rings (SSSR count). The molecule has 0 aliphatic rings. The van der Waals surface area contributed by atoms with Gasteiger partial charge in [-0.25, -0.2) is 0 Å². The third-order valence-corrected chi connectivity index (χ3v) is 4.14. The number of esters is 1. The predicted molar refractivity (Wildman–Crippen MR) is 89.6 cm³/mol. The minimum absolute atomic E-state index is 0.113. The van der Waals surface area contributed by atoms with E-state index in [-0.39, 0.29) is 23.8 Å². The summed E-state index contributed by atoms with van der Waals surface area (Å²) in [7, 11) is 0. The molecule has 2 aromatic carbocycles. The molecule has 0 spiro atoms. The van der Waals surface area contributed by atoms with Crippen molar-refractivity contribution in [1.82, 2.24) is 0 Å². The lowest BCUT2D eigenvalue weighted by molar-refractivity contribution is -0.141. The third kappa shape index (κ3) is 4.83. The summed E-state index contributed by atoms with van der Waals surface area (Å²) in [5.41, 5.74) is 1.17. The molecule has 22 heavy (non-hydrogen) atoms. The van der Waals surface area contributed by atoms with Crippen LogP contribution in [0.15, 0.2) is 46.9 Å². The van der Waals surface area contributed by atoms with Gasteiger partial charge in [-0.05, 0) is 35.9 Å². The summed E-state index contributed by atoms with van der Waals surface area (Å²) in [6.07, 6.45) is 0.113. The lowest BCUT2D eigenvalue weighted by atomic mass is 10.1. The zero-order valence-corrected chi connectivity index (χ0v) is 14.4. The molecule has 0 atom stereocenters. The van der Waals surface area contributed by atoms with Gasteiger partial charge in [-0.3, -0.25) is 9.59 Å². The second-order valence-corrected chi connectivity index (χ2v) is 6.25. The molecule has 0 heterocycles. The highest BCUT2D eigenvalue weighted by Crippen LogP contribution is 2.22. The lowest BCUT2D eigenvalue weighted by Crippen LogP contribution is -2.15. The summed E-state index contributed by atoms with van der Waals surface area (Å²) >= 11 is 14.9. The molecule has 0 N–H and O–H groups in total. The quantitative estimate of drug-likeness (QED) is 0.537. The van der Waals surface area contributed by atoms with E-state index >= 15 is 0 Å². The summed E-state index contributed by atoms with van der Waals surface area (Å²) in [6.45, 7) is -0.326.